The first kappa shape index (κ1) is 14.3. The zero-order valence-electron chi connectivity index (χ0n) is 12.1. The van der Waals surface area contributed by atoms with Crippen molar-refractivity contribution in [2.75, 3.05) is 11.4 Å². The van der Waals surface area contributed by atoms with Crippen molar-refractivity contribution in [1.82, 2.24) is 0 Å². The number of amides is 1. The van der Waals surface area contributed by atoms with Crippen LogP contribution in [0.1, 0.15) is 18.9 Å². The highest BCUT2D eigenvalue weighted by Crippen LogP contribution is 2.13. The molecule has 1 aromatic heterocycles. The molecule has 0 aliphatic heterocycles. The molecule has 0 saturated carbocycles. The van der Waals surface area contributed by atoms with Crippen LogP contribution in [0.2, 0.25) is 0 Å². The maximum absolute atomic E-state index is 12.3. The Morgan fingerprint density at radius 1 is 1.10 bits per heavy atom. The first-order valence-corrected chi connectivity index (χ1v) is 7.02. The maximum Gasteiger partial charge on any atom is 0.233 e. The van der Waals surface area contributed by atoms with E-state index in [1.165, 1.54) is 5.56 Å². The molecule has 2 rings (SSSR count). The number of benzene rings is 1. The monoisotopic (exact) mass is 269 g/mol. The number of anilines is 1. The van der Waals surface area contributed by atoms with Crippen LogP contribution in [0.25, 0.3) is 0 Å². The van der Waals surface area contributed by atoms with Gasteiger partial charge in [-0.3, -0.25) is 4.79 Å². The molecule has 0 unspecified atom stereocenters. The predicted molar refractivity (Wildman–Crippen MR) is 80.5 cm³/mol. The molecule has 0 N–H and O–H groups in total. The van der Waals surface area contributed by atoms with E-state index in [1.807, 2.05) is 59.1 Å². The number of carbonyl (C=O) groups is 1. The summed E-state index contributed by atoms with van der Waals surface area (Å²) in [5.41, 5.74) is 2.20. The van der Waals surface area contributed by atoms with Crippen LogP contribution in [-0.4, -0.2) is 12.5 Å². The number of rotatable bonds is 5. The molecular formula is C17H21N2O+. The molecule has 0 aliphatic carbocycles. The van der Waals surface area contributed by atoms with Crippen molar-refractivity contribution in [2.24, 2.45) is 0 Å². The summed E-state index contributed by atoms with van der Waals surface area (Å²) in [6.45, 7) is 5.47. The van der Waals surface area contributed by atoms with Gasteiger partial charge in [-0.25, -0.2) is 4.57 Å². The Morgan fingerprint density at radius 2 is 1.75 bits per heavy atom. The molecule has 0 aliphatic rings. The van der Waals surface area contributed by atoms with Crippen LogP contribution in [0.15, 0.2) is 54.9 Å². The molecule has 0 spiro atoms. The van der Waals surface area contributed by atoms with Crippen LogP contribution in [0.5, 0.6) is 0 Å². The van der Waals surface area contributed by atoms with Crippen LogP contribution in [0.3, 0.4) is 0 Å². The van der Waals surface area contributed by atoms with Crippen LogP contribution in [0, 0.1) is 6.92 Å². The van der Waals surface area contributed by atoms with Gasteiger partial charge in [-0.15, -0.1) is 0 Å². The Kier molecular flexibility index (Phi) is 4.88. The number of para-hydroxylation sites is 1. The fourth-order valence-corrected chi connectivity index (χ4v) is 2.15. The Labute approximate surface area is 120 Å². The number of aryl methyl sites for hydroxylation is 2. The van der Waals surface area contributed by atoms with Crippen molar-refractivity contribution in [2.45, 2.75) is 26.8 Å². The van der Waals surface area contributed by atoms with Gasteiger partial charge in [0.05, 0.1) is 6.42 Å². The SMILES string of the molecule is CCN(C(=O)CC[n+]1ccc(C)cc1)c1ccccc1. The van der Waals surface area contributed by atoms with Gasteiger partial charge in [-0.1, -0.05) is 18.2 Å². The van der Waals surface area contributed by atoms with Crippen molar-refractivity contribution in [3.05, 3.63) is 60.4 Å². The molecular weight excluding hydrogens is 248 g/mol. The summed E-state index contributed by atoms with van der Waals surface area (Å²) in [6.07, 6.45) is 4.54. The van der Waals surface area contributed by atoms with E-state index < -0.39 is 0 Å². The van der Waals surface area contributed by atoms with Crippen LogP contribution >= 0.6 is 0 Å². The zero-order chi connectivity index (χ0) is 14.4. The van der Waals surface area contributed by atoms with E-state index in [9.17, 15) is 4.79 Å². The molecule has 3 heteroatoms. The summed E-state index contributed by atoms with van der Waals surface area (Å²) < 4.78 is 2.05. The summed E-state index contributed by atoms with van der Waals surface area (Å²) in [6, 6.07) is 13.9. The number of carbonyl (C=O) groups excluding carboxylic acids is 1. The lowest BCUT2D eigenvalue weighted by molar-refractivity contribution is -0.695. The molecule has 1 amide bonds. The van der Waals surface area contributed by atoms with Gasteiger partial charge < -0.3 is 4.90 Å². The molecule has 104 valence electrons. The van der Waals surface area contributed by atoms with Gasteiger partial charge in [0.2, 0.25) is 5.91 Å². The summed E-state index contributed by atoms with van der Waals surface area (Å²) in [7, 11) is 0. The van der Waals surface area contributed by atoms with Gasteiger partial charge >= 0.3 is 0 Å². The quantitative estimate of drug-likeness (QED) is 0.766. The van der Waals surface area contributed by atoms with Gasteiger partial charge in [0.15, 0.2) is 18.9 Å². The average Bonchev–Trinajstić information content (AvgIpc) is 2.48. The predicted octanol–water partition coefficient (Wildman–Crippen LogP) is 2.73. The third-order valence-electron chi connectivity index (χ3n) is 3.33. The minimum Gasteiger partial charge on any atom is -0.313 e. The molecule has 0 saturated heterocycles. The van der Waals surface area contributed by atoms with Gasteiger partial charge in [0.1, 0.15) is 0 Å². The Hall–Kier alpha value is -2.16. The molecule has 0 radical (unpaired) electrons. The lowest BCUT2D eigenvalue weighted by Crippen LogP contribution is -2.38. The van der Waals surface area contributed by atoms with Crippen LogP contribution < -0.4 is 9.47 Å². The standard InChI is InChI=1S/C17H21N2O/c1-3-19(16-7-5-4-6-8-16)17(20)11-14-18-12-9-15(2)10-13-18/h4-10,12-13H,3,11,14H2,1-2H3/q+1. The topological polar surface area (TPSA) is 24.2 Å². The number of nitrogens with zero attached hydrogens (tertiary/aromatic N) is 2. The lowest BCUT2D eigenvalue weighted by atomic mass is 10.2. The first-order chi connectivity index (χ1) is 9.70. The second-order valence-corrected chi connectivity index (χ2v) is 4.84. The molecule has 20 heavy (non-hydrogen) atoms. The van der Waals surface area contributed by atoms with Crippen molar-refractivity contribution in [1.29, 1.82) is 0 Å². The smallest absolute Gasteiger partial charge is 0.233 e. The maximum atomic E-state index is 12.3. The highest BCUT2D eigenvalue weighted by molar-refractivity contribution is 5.93. The van der Waals surface area contributed by atoms with E-state index in [-0.39, 0.29) is 5.91 Å². The fourth-order valence-electron chi connectivity index (χ4n) is 2.15. The normalized spacial score (nSPS) is 10.3. The van der Waals surface area contributed by atoms with Gasteiger partial charge in [0.25, 0.3) is 0 Å². The van der Waals surface area contributed by atoms with E-state index in [1.54, 1.807) is 0 Å². The van der Waals surface area contributed by atoms with Gasteiger partial charge in [-0.2, -0.15) is 0 Å². The Balaban J connectivity index is 1.98. The zero-order valence-corrected chi connectivity index (χ0v) is 12.1. The minimum atomic E-state index is 0.159. The molecule has 1 heterocycles. The third kappa shape index (κ3) is 3.67. The van der Waals surface area contributed by atoms with E-state index >= 15 is 0 Å². The van der Waals surface area contributed by atoms with E-state index in [4.69, 9.17) is 0 Å². The molecule has 0 bridgehead atoms. The van der Waals surface area contributed by atoms with Crippen molar-refractivity contribution >= 4 is 11.6 Å². The second-order valence-electron chi connectivity index (χ2n) is 4.84. The average molecular weight is 269 g/mol. The van der Waals surface area contributed by atoms with Crippen molar-refractivity contribution in [3.63, 3.8) is 0 Å². The number of hydrogen-bond acceptors (Lipinski definition) is 1. The minimum absolute atomic E-state index is 0.159. The first-order valence-electron chi connectivity index (χ1n) is 7.02. The van der Waals surface area contributed by atoms with Crippen molar-refractivity contribution < 1.29 is 9.36 Å². The Bertz CT molecular complexity index is 549. The number of aromatic nitrogens is 1. The van der Waals surface area contributed by atoms with E-state index in [0.29, 0.717) is 19.5 Å². The summed E-state index contributed by atoms with van der Waals surface area (Å²) in [5.74, 6) is 0.159. The van der Waals surface area contributed by atoms with Crippen LogP contribution in [-0.2, 0) is 11.3 Å². The molecule has 3 nitrogen and oxygen atoms in total. The van der Waals surface area contributed by atoms with E-state index in [2.05, 4.69) is 19.1 Å². The van der Waals surface area contributed by atoms with Crippen molar-refractivity contribution in [3.8, 4) is 0 Å². The Morgan fingerprint density at radius 3 is 2.35 bits per heavy atom. The molecule has 2 aromatic rings. The summed E-state index contributed by atoms with van der Waals surface area (Å²) in [5, 5.41) is 0. The molecule has 0 atom stereocenters. The third-order valence-corrected chi connectivity index (χ3v) is 3.33. The van der Waals surface area contributed by atoms with Gasteiger partial charge in [0, 0.05) is 24.4 Å². The highest BCUT2D eigenvalue weighted by Gasteiger charge is 2.15. The largest absolute Gasteiger partial charge is 0.313 e. The van der Waals surface area contributed by atoms with Crippen LogP contribution in [0.4, 0.5) is 5.69 Å². The number of hydrogen-bond donors (Lipinski definition) is 0. The van der Waals surface area contributed by atoms with E-state index in [0.717, 1.165) is 5.69 Å². The summed E-state index contributed by atoms with van der Waals surface area (Å²) in [4.78, 5) is 14.2. The lowest BCUT2D eigenvalue weighted by Gasteiger charge is -2.20. The second kappa shape index (κ2) is 6.85. The van der Waals surface area contributed by atoms with Gasteiger partial charge in [-0.05, 0) is 31.5 Å². The molecule has 0 fully saturated rings. The number of pyridine rings is 1. The highest BCUT2D eigenvalue weighted by atomic mass is 16.2. The fraction of sp³-hybridized carbons (Fsp3) is 0.294. The summed E-state index contributed by atoms with van der Waals surface area (Å²) >= 11 is 0. The molecule has 1 aromatic carbocycles.